The fraction of sp³-hybridized carbons (Fsp3) is 0.393. The quantitative estimate of drug-likeness (QED) is 0.387. The molecule has 0 amide bonds. The summed E-state index contributed by atoms with van der Waals surface area (Å²) in [5, 5.41) is 3.92. The number of hydrogen-bond acceptors (Lipinski definition) is 9. The van der Waals surface area contributed by atoms with Crippen molar-refractivity contribution >= 4 is 28.9 Å². The summed E-state index contributed by atoms with van der Waals surface area (Å²) < 4.78 is 16.2. The van der Waals surface area contributed by atoms with Gasteiger partial charge in [0.25, 0.3) is 0 Å². The average Bonchev–Trinajstić information content (AvgIpc) is 3.40. The number of Topliss-reactive ketones (excluding diaryl/α,β-unsaturated/α-hetero) is 1. The van der Waals surface area contributed by atoms with E-state index in [-0.39, 0.29) is 12.6 Å². The molecule has 3 aliphatic heterocycles. The first-order valence-corrected chi connectivity index (χ1v) is 13.5. The molecule has 0 aromatic heterocycles. The Morgan fingerprint density at radius 2 is 1.73 bits per heavy atom. The molecule has 9 heteroatoms. The molecule has 5 rings (SSSR count). The zero-order valence-corrected chi connectivity index (χ0v) is 22.0. The van der Waals surface area contributed by atoms with E-state index >= 15 is 0 Å². The van der Waals surface area contributed by atoms with Gasteiger partial charge in [0, 0.05) is 54.9 Å². The number of anilines is 2. The van der Waals surface area contributed by atoms with Crippen molar-refractivity contribution in [1.82, 2.24) is 4.90 Å². The molecule has 37 heavy (non-hydrogen) atoms. The summed E-state index contributed by atoms with van der Waals surface area (Å²) in [6.45, 7) is 11.9. The van der Waals surface area contributed by atoms with E-state index in [9.17, 15) is 4.79 Å². The van der Waals surface area contributed by atoms with Crippen LogP contribution >= 0.6 is 11.8 Å². The molecule has 3 aliphatic rings. The molecule has 0 bridgehead atoms. The van der Waals surface area contributed by atoms with Crippen molar-refractivity contribution in [3.8, 4) is 11.5 Å². The summed E-state index contributed by atoms with van der Waals surface area (Å²) in [6.07, 6.45) is 2.36. The Kier molecular flexibility index (Phi) is 7.93. The fourth-order valence-electron chi connectivity index (χ4n) is 4.97. The second kappa shape index (κ2) is 11.5. The van der Waals surface area contributed by atoms with Gasteiger partial charge < -0.3 is 30.2 Å². The molecule has 0 unspecified atom stereocenters. The third-order valence-electron chi connectivity index (χ3n) is 6.97. The van der Waals surface area contributed by atoms with Crippen molar-refractivity contribution < 1.29 is 19.0 Å². The van der Waals surface area contributed by atoms with Gasteiger partial charge in [0.2, 0.25) is 12.6 Å². The Labute approximate surface area is 222 Å². The van der Waals surface area contributed by atoms with Crippen LogP contribution in [0.15, 0.2) is 64.7 Å². The highest BCUT2D eigenvalue weighted by Crippen LogP contribution is 2.36. The van der Waals surface area contributed by atoms with Gasteiger partial charge in [0.05, 0.1) is 23.1 Å². The maximum Gasteiger partial charge on any atom is 0.231 e. The van der Waals surface area contributed by atoms with Gasteiger partial charge in [0.15, 0.2) is 11.5 Å². The van der Waals surface area contributed by atoms with Gasteiger partial charge in [-0.1, -0.05) is 18.3 Å². The highest BCUT2D eigenvalue weighted by atomic mass is 32.2. The van der Waals surface area contributed by atoms with Gasteiger partial charge in [-0.2, -0.15) is 0 Å². The molecule has 2 aromatic carbocycles. The molecule has 2 aromatic rings. The minimum absolute atomic E-state index is 0.159. The first-order chi connectivity index (χ1) is 18.0. The monoisotopic (exact) mass is 522 g/mol. The normalized spacial score (nSPS) is 18.9. The van der Waals surface area contributed by atoms with Crippen LogP contribution in [0.2, 0.25) is 0 Å². The van der Waals surface area contributed by atoms with Crippen molar-refractivity contribution in [3.05, 3.63) is 70.2 Å². The predicted octanol–water partition coefficient (Wildman–Crippen LogP) is 4.41. The molecule has 8 nitrogen and oxygen atoms in total. The third kappa shape index (κ3) is 6.06. The number of piperidine rings is 1. The molecule has 0 spiro atoms. The smallest absolute Gasteiger partial charge is 0.231 e. The summed E-state index contributed by atoms with van der Waals surface area (Å²) in [5.41, 5.74) is 9.15. The molecule has 2 saturated heterocycles. The molecule has 0 aliphatic carbocycles. The lowest BCUT2D eigenvalue weighted by molar-refractivity contribution is 0.0115. The first kappa shape index (κ1) is 25.5. The van der Waals surface area contributed by atoms with Crippen LogP contribution in [0.3, 0.4) is 0 Å². The van der Waals surface area contributed by atoms with Gasteiger partial charge >= 0.3 is 0 Å². The Morgan fingerprint density at radius 1 is 1.03 bits per heavy atom. The van der Waals surface area contributed by atoms with Gasteiger partial charge in [-0.3, -0.25) is 9.69 Å². The van der Waals surface area contributed by atoms with Crippen LogP contribution in [0.4, 0.5) is 11.4 Å². The number of ether oxygens (including phenoxy) is 3. The predicted molar refractivity (Wildman–Crippen MR) is 148 cm³/mol. The molecular formula is C28H34N4O4S. The van der Waals surface area contributed by atoms with Crippen LogP contribution in [-0.4, -0.2) is 62.9 Å². The fourth-order valence-corrected chi connectivity index (χ4v) is 5.76. The number of carbonyl (C=O) groups excluding carboxylic acids is 1. The van der Waals surface area contributed by atoms with Crippen LogP contribution in [0, 0.1) is 0 Å². The number of allylic oxidation sites excluding steroid dienone is 2. The molecule has 0 saturated carbocycles. The van der Waals surface area contributed by atoms with Gasteiger partial charge in [-0.05, 0) is 62.2 Å². The molecule has 196 valence electrons. The first-order valence-electron chi connectivity index (χ1n) is 12.7. The van der Waals surface area contributed by atoms with E-state index in [1.807, 2.05) is 12.1 Å². The molecule has 3 heterocycles. The van der Waals surface area contributed by atoms with E-state index in [1.165, 1.54) is 30.3 Å². The molecule has 0 atom stereocenters. The van der Waals surface area contributed by atoms with Crippen LogP contribution in [0.5, 0.6) is 11.5 Å². The third-order valence-corrected chi connectivity index (χ3v) is 8.03. The van der Waals surface area contributed by atoms with Crippen LogP contribution in [-0.2, 0) is 4.74 Å². The molecule has 2 fully saturated rings. The number of nitrogens with two attached hydrogens (primary N) is 1. The second-order valence-electron chi connectivity index (χ2n) is 9.47. The van der Waals surface area contributed by atoms with Gasteiger partial charge in [0.1, 0.15) is 0 Å². The standard InChI is InChI=1S/C28H34N4O4S/c1-19(29)28(27(33)21-3-8-25-26(17-21)36-18-35-25)37-20(2)30-22-4-6-23(7-5-22)31-11-9-24(10-12-31)32-13-15-34-16-14-32/h3-8,17,24,30H,2,9-16,18,29H2,1H3/b28-19+. The number of carbonyl (C=O) groups is 1. The van der Waals surface area contributed by atoms with Crippen LogP contribution in [0.1, 0.15) is 30.1 Å². The molecular weight excluding hydrogens is 488 g/mol. The number of benzene rings is 2. The summed E-state index contributed by atoms with van der Waals surface area (Å²) in [4.78, 5) is 18.6. The van der Waals surface area contributed by atoms with Crippen LogP contribution < -0.4 is 25.4 Å². The minimum Gasteiger partial charge on any atom is -0.454 e. The van der Waals surface area contributed by atoms with E-state index in [2.05, 4.69) is 33.8 Å². The van der Waals surface area contributed by atoms with E-state index in [1.54, 1.807) is 25.1 Å². The van der Waals surface area contributed by atoms with Crippen molar-refractivity contribution in [2.75, 3.05) is 56.4 Å². The number of morpholine rings is 1. The molecule has 3 N–H and O–H groups in total. The zero-order valence-electron chi connectivity index (χ0n) is 21.2. The summed E-state index contributed by atoms with van der Waals surface area (Å²) in [5.74, 6) is 1.02. The number of fused-ring (bicyclic) bond motifs is 1. The SMILES string of the molecule is C=C(Nc1ccc(N2CCC(N3CCOCC3)CC2)cc1)S/C(C(=O)c1ccc2c(c1)OCO2)=C(\C)N. The maximum atomic E-state index is 13.2. The highest BCUT2D eigenvalue weighted by molar-refractivity contribution is 8.07. The van der Waals surface area contributed by atoms with Crippen molar-refractivity contribution in [2.45, 2.75) is 25.8 Å². The van der Waals surface area contributed by atoms with E-state index in [0.717, 1.165) is 45.1 Å². The van der Waals surface area contributed by atoms with Gasteiger partial charge in [-0.25, -0.2) is 0 Å². The topological polar surface area (TPSA) is 89.3 Å². The van der Waals surface area contributed by atoms with Crippen molar-refractivity contribution in [3.63, 3.8) is 0 Å². The van der Waals surface area contributed by atoms with E-state index in [4.69, 9.17) is 19.9 Å². The maximum absolute atomic E-state index is 13.2. The Balaban J connectivity index is 1.15. The highest BCUT2D eigenvalue weighted by Gasteiger charge is 2.26. The number of ketones is 1. The number of nitrogens with one attached hydrogen (secondary N) is 1. The lowest BCUT2D eigenvalue weighted by Crippen LogP contribution is -2.49. The molecule has 0 radical (unpaired) electrons. The Morgan fingerprint density at radius 3 is 2.43 bits per heavy atom. The number of hydrogen-bond donors (Lipinski definition) is 2. The van der Waals surface area contributed by atoms with E-state index < -0.39 is 0 Å². The lowest BCUT2D eigenvalue weighted by atomic mass is 10.0. The average molecular weight is 523 g/mol. The number of thioether (sulfide) groups is 1. The Hall–Kier alpha value is -3.14. The largest absolute Gasteiger partial charge is 0.454 e. The summed E-state index contributed by atoms with van der Waals surface area (Å²) >= 11 is 1.23. The van der Waals surface area contributed by atoms with Crippen molar-refractivity contribution in [1.29, 1.82) is 0 Å². The summed E-state index contributed by atoms with van der Waals surface area (Å²) in [6, 6.07) is 14.2. The Bertz CT molecular complexity index is 1170. The summed E-state index contributed by atoms with van der Waals surface area (Å²) in [7, 11) is 0. The minimum atomic E-state index is -0.179. The van der Waals surface area contributed by atoms with Gasteiger partial charge in [-0.15, -0.1) is 0 Å². The lowest BCUT2D eigenvalue weighted by Gasteiger charge is -2.40. The van der Waals surface area contributed by atoms with Crippen LogP contribution in [0.25, 0.3) is 0 Å². The van der Waals surface area contributed by atoms with E-state index in [0.29, 0.717) is 38.7 Å². The van der Waals surface area contributed by atoms with Crippen molar-refractivity contribution in [2.24, 2.45) is 5.73 Å². The number of rotatable bonds is 8. The second-order valence-corrected chi connectivity index (χ2v) is 10.6. The number of nitrogens with zero attached hydrogens (tertiary/aromatic N) is 2. The zero-order chi connectivity index (χ0) is 25.8.